The molecular formula is C13H21N3O. The van der Waals surface area contributed by atoms with Gasteiger partial charge in [-0.1, -0.05) is 0 Å². The summed E-state index contributed by atoms with van der Waals surface area (Å²) < 4.78 is 5.70. The van der Waals surface area contributed by atoms with Crippen LogP contribution >= 0.6 is 0 Å². The SMILES string of the molecule is Cc1cc(NC2CCOC(C)(C)C2)ncc1N. The van der Waals surface area contributed by atoms with Crippen LogP contribution in [0.4, 0.5) is 11.5 Å². The van der Waals surface area contributed by atoms with E-state index >= 15 is 0 Å². The van der Waals surface area contributed by atoms with Crippen molar-refractivity contribution in [3.05, 3.63) is 17.8 Å². The molecule has 4 heteroatoms. The Hall–Kier alpha value is -1.29. The molecule has 0 aliphatic carbocycles. The highest BCUT2D eigenvalue weighted by atomic mass is 16.5. The number of nitrogen functional groups attached to an aromatic ring is 1. The summed E-state index contributed by atoms with van der Waals surface area (Å²) in [6.45, 7) is 7.06. The number of rotatable bonds is 2. The van der Waals surface area contributed by atoms with E-state index in [1.54, 1.807) is 6.20 Å². The van der Waals surface area contributed by atoms with Crippen molar-refractivity contribution in [2.75, 3.05) is 17.7 Å². The Kier molecular flexibility index (Phi) is 3.24. The van der Waals surface area contributed by atoms with Gasteiger partial charge in [0.05, 0.1) is 17.5 Å². The zero-order chi connectivity index (χ0) is 12.5. The van der Waals surface area contributed by atoms with Crippen LogP contribution in [-0.4, -0.2) is 23.2 Å². The van der Waals surface area contributed by atoms with Crippen molar-refractivity contribution in [2.45, 2.75) is 45.3 Å². The predicted octanol–water partition coefficient (Wildman–Crippen LogP) is 2.34. The van der Waals surface area contributed by atoms with Crippen molar-refractivity contribution in [2.24, 2.45) is 0 Å². The van der Waals surface area contributed by atoms with E-state index in [0.29, 0.717) is 6.04 Å². The molecule has 0 saturated carbocycles. The zero-order valence-corrected chi connectivity index (χ0v) is 10.8. The molecular weight excluding hydrogens is 214 g/mol. The Morgan fingerprint density at radius 1 is 1.53 bits per heavy atom. The van der Waals surface area contributed by atoms with Crippen molar-refractivity contribution in [3.63, 3.8) is 0 Å². The quantitative estimate of drug-likeness (QED) is 0.826. The Morgan fingerprint density at radius 2 is 2.29 bits per heavy atom. The smallest absolute Gasteiger partial charge is 0.126 e. The number of aryl methyl sites for hydroxylation is 1. The largest absolute Gasteiger partial charge is 0.397 e. The van der Waals surface area contributed by atoms with Gasteiger partial charge in [0.25, 0.3) is 0 Å². The number of aromatic nitrogens is 1. The van der Waals surface area contributed by atoms with Gasteiger partial charge < -0.3 is 15.8 Å². The first kappa shape index (κ1) is 12.2. The number of anilines is 2. The molecule has 1 aromatic rings. The van der Waals surface area contributed by atoms with E-state index in [9.17, 15) is 0 Å². The van der Waals surface area contributed by atoms with Crippen LogP contribution in [0.5, 0.6) is 0 Å². The maximum absolute atomic E-state index is 5.75. The molecule has 94 valence electrons. The molecule has 0 spiro atoms. The number of pyridine rings is 1. The second kappa shape index (κ2) is 4.53. The van der Waals surface area contributed by atoms with E-state index < -0.39 is 0 Å². The van der Waals surface area contributed by atoms with Gasteiger partial charge in [0, 0.05) is 12.6 Å². The van der Waals surface area contributed by atoms with Gasteiger partial charge in [-0.15, -0.1) is 0 Å². The first-order valence-electron chi connectivity index (χ1n) is 6.09. The highest BCUT2D eigenvalue weighted by Gasteiger charge is 2.28. The minimum Gasteiger partial charge on any atom is -0.397 e. The van der Waals surface area contributed by atoms with Gasteiger partial charge in [-0.3, -0.25) is 0 Å². The summed E-state index contributed by atoms with van der Waals surface area (Å²) in [7, 11) is 0. The number of nitrogens with zero attached hydrogens (tertiary/aromatic N) is 1. The zero-order valence-electron chi connectivity index (χ0n) is 10.8. The monoisotopic (exact) mass is 235 g/mol. The summed E-state index contributed by atoms with van der Waals surface area (Å²) in [5.74, 6) is 0.902. The number of hydrogen-bond acceptors (Lipinski definition) is 4. The summed E-state index contributed by atoms with van der Waals surface area (Å²) in [6, 6.07) is 2.42. The maximum atomic E-state index is 5.75. The minimum atomic E-state index is -0.0429. The van der Waals surface area contributed by atoms with Crippen LogP contribution in [0.1, 0.15) is 32.3 Å². The van der Waals surface area contributed by atoms with E-state index in [4.69, 9.17) is 10.5 Å². The van der Waals surface area contributed by atoms with Crippen LogP contribution in [0.15, 0.2) is 12.3 Å². The van der Waals surface area contributed by atoms with Crippen molar-refractivity contribution in [1.29, 1.82) is 0 Å². The first-order valence-corrected chi connectivity index (χ1v) is 6.09. The Bertz CT molecular complexity index is 404. The average Bonchev–Trinajstić information content (AvgIpc) is 2.22. The highest BCUT2D eigenvalue weighted by molar-refractivity contribution is 5.51. The Balaban J connectivity index is 2.03. The second-order valence-corrected chi connectivity index (χ2v) is 5.37. The molecule has 3 N–H and O–H groups in total. The molecule has 2 rings (SSSR count). The topological polar surface area (TPSA) is 60.2 Å². The second-order valence-electron chi connectivity index (χ2n) is 5.37. The van der Waals surface area contributed by atoms with Crippen LogP contribution < -0.4 is 11.1 Å². The van der Waals surface area contributed by atoms with Crippen LogP contribution in [0, 0.1) is 6.92 Å². The van der Waals surface area contributed by atoms with Crippen LogP contribution in [0.2, 0.25) is 0 Å². The van der Waals surface area contributed by atoms with Crippen LogP contribution in [-0.2, 0) is 4.74 Å². The summed E-state index contributed by atoms with van der Waals surface area (Å²) >= 11 is 0. The molecule has 17 heavy (non-hydrogen) atoms. The summed E-state index contributed by atoms with van der Waals surface area (Å²) in [4.78, 5) is 4.30. The molecule has 0 bridgehead atoms. The fourth-order valence-electron chi connectivity index (χ4n) is 2.21. The molecule has 1 aromatic heterocycles. The van der Waals surface area contributed by atoms with E-state index in [-0.39, 0.29) is 5.60 Å². The number of hydrogen-bond donors (Lipinski definition) is 2. The number of nitrogens with one attached hydrogen (secondary N) is 1. The fraction of sp³-hybridized carbons (Fsp3) is 0.615. The summed E-state index contributed by atoms with van der Waals surface area (Å²) in [5, 5.41) is 3.46. The van der Waals surface area contributed by atoms with Crippen molar-refractivity contribution in [3.8, 4) is 0 Å². The van der Waals surface area contributed by atoms with Gasteiger partial charge in [-0.25, -0.2) is 4.98 Å². The van der Waals surface area contributed by atoms with Crippen molar-refractivity contribution >= 4 is 11.5 Å². The number of ether oxygens (including phenoxy) is 1. The van der Waals surface area contributed by atoms with Gasteiger partial charge in [0.15, 0.2) is 0 Å². The normalized spacial score (nSPS) is 23.4. The highest BCUT2D eigenvalue weighted by Crippen LogP contribution is 2.26. The average molecular weight is 235 g/mol. The molecule has 0 radical (unpaired) electrons. The molecule has 1 aliphatic heterocycles. The first-order chi connectivity index (χ1) is 7.96. The lowest BCUT2D eigenvalue weighted by Crippen LogP contribution is -2.40. The van der Waals surface area contributed by atoms with Gasteiger partial charge >= 0.3 is 0 Å². The third-order valence-corrected chi connectivity index (χ3v) is 3.20. The lowest BCUT2D eigenvalue weighted by Gasteiger charge is -2.36. The summed E-state index contributed by atoms with van der Waals surface area (Å²) in [5.41, 5.74) is 7.51. The summed E-state index contributed by atoms with van der Waals surface area (Å²) in [6.07, 6.45) is 3.73. The van der Waals surface area contributed by atoms with E-state index in [1.165, 1.54) is 0 Å². The van der Waals surface area contributed by atoms with Gasteiger partial charge in [-0.2, -0.15) is 0 Å². The molecule has 0 amide bonds. The molecule has 1 atom stereocenters. The van der Waals surface area contributed by atoms with Crippen LogP contribution in [0.25, 0.3) is 0 Å². The number of nitrogens with two attached hydrogens (primary N) is 1. The minimum absolute atomic E-state index is 0.0429. The molecule has 1 aliphatic rings. The standard InChI is InChI=1S/C13H21N3O/c1-9-6-12(15-8-11(9)14)16-10-4-5-17-13(2,3)7-10/h6,8,10H,4-5,7,14H2,1-3H3,(H,15,16). The molecule has 1 fully saturated rings. The maximum Gasteiger partial charge on any atom is 0.126 e. The molecule has 1 unspecified atom stereocenters. The van der Waals surface area contributed by atoms with Crippen LogP contribution in [0.3, 0.4) is 0 Å². The molecule has 4 nitrogen and oxygen atoms in total. The molecule has 0 aromatic carbocycles. The molecule has 2 heterocycles. The van der Waals surface area contributed by atoms with Crippen molar-refractivity contribution in [1.82, 2.24) is 4.98 Å². The van der Waals surface area contributed by atoms with E-state index in [1.807, 2.05) is 13.0 Å². The third-order valence-electron chi connectivity index (χ3n) is 3.20. The third kappa shape index (κ3) is 3.09. The fourth-order valence-corrected chi connectivity index (χ4v) is 2.21. The lowest BCUT2D eigenvalue weighted by molar-refractivity contribution is -0.0553. The van der Waals surface area contributed by atoms with Gasteiger partial charge in [0.2, 0.25) is 0 Å². The van der Waals surface area contributed by atoms with E-state index in [0.717, 1.165) is 36.5 Å². The van der Waals surface area contributed by atoms with Gasteiger partial charge in [0.1, 0.15) is 5.82 Å². The Morgan fingerprint density at radius 3 is 2.94 bits per heavy atom. The van der Waals surface area contributed by atoms with E-state index in [2.05, 4.69) is 24.1 Å². The van der Waals surface area contributed by atoms with Crippen molar-refractivity contribution < 1.29 is 4.74 Å². The molecule has 1 saturated heterocycles. The lowest BCUT2D eigenvalue weighted by atomic mass is 9.94. The van der Waals surface area contributed by atoms with Gasteiger partial charge in [-0.05, 0) is 45.2 Å². The Labute approximate surface area is 103 Å². The predicted molar refractivity (Wildman–Crippen MR) is 70.1 cm³/mol.